The summed E-state index contributed by atoms with van der Waals surface area (Å²) >= 11 is 5.66. The second-order valence-electron chi connectivity index (χ2n) is 3.77. The highest BCUT2D eigenvalue weighted by atomic mass is 35.5. The quantitative estimate of drug-likeness (QED) is 0.740. The van der Waals surface area contributed by atoms with Crippen molar-refractivity contribution in [3.8, 4) is 0 Å². The number of hydrogen-bond acceptors (Lipinski definition) is 1. The Morgan fingerprint density at radius 2 is 2.23 bits per heavy atom. The van der Waals surface area contributed by atoms with E-state index in [2.05, 4.69) is 6.92 Å². The van der Waals surface area contributed by atoms with Crippen molar-refractivity contribution < 1.29 is 4.39 Å². The van der Waals surface area contributed by atoms with Crippen molar-refractivity contribution in [3.63, 3.8) is 0 Å². The van der Waals surface area contributed by atoms with Gasteiger partial charge in [-0.25, -0.2) is 4.39 Å². The number of nitrogens with two attached hydrogens (primary N) is 1. The molecule has 2 N–H and O–H groups in total. The van der Waals surface area contributed by atoms with Crippen molar-refractivity contribution in [2.45, 2.75) is 18.9 Å². The first kappa shape index (κ1) is 8.97. The summed E-state index contributed by atoms with van der Waals surface area (Å²) in [5, 5.41) is 0.154. The Morgan fingerprint density at radius 3 is 2.69 bits per heavy atom. The van der Waals surface area contributed by atoms with E-state index in [0.29, 0.717) is 5.92 Å². The molecule has 0 saturated heterocycles. The first-order valence-electron chi connectivity index (χ1n) is 4.28. The summed E-state index contributed by atoms with van der Waals surface area (Å²) in [6.07, 6.45) is 0.953. The van der Waals surface area contributed by atoms with E-state index in [1.165, 1.54) is 6.07 Å². The summed E-state index contributed by atoms with van der Waals surface area (Å²) in [6.45, 7) is 2.08. The van der Waals surface area contributed by atoms with Crippen LogP contribution in [-0.4, -0.2) is 0 Å². The van der Waals surface area contributed by atoms with Crippen LogP contribution in [0.2, 0.25) is 5.02 Å². The lowest BCUT2D eigenvalue weighted by atomic mass is 10.0. The highest BCUT2D eigenvalue weighted by molar-refractivity contribution is 6.30. The first-order chi connectivity index (χ1) is 6.04. The summed E-state index contributed by atoms with van der Waals surface area (Å²) in [6, 6.07) is 4.71. The van der Waals surface area contributed by atoms with E-state index < -0.39 is 0 Å². The van der Waals surface area contributed by atoms with Gasteiger partial charge in [0.25, 0.3) is 0 Å². The molecule has 1 saturated carbocycles. The van der Waals surface area contributed by atoms with Crippen LogP contribution in [0.5, 0.6) is 0 Å². The summed E-state index contributed by atoms with van der Waals surface area (Å²) < 4.78 is 12.8. The lowest BCUT2D eigenvalue weighted by Crippen LogP contribution is -2.21. The fourth-order valence-corrected chi connectivity index (χ4v) is 1.82. The van der Waals surface area contributed by atoms with Gasteiger partial charge < -0.3 is 5.73 Å². The Morgan fingerprint density at radius 1 is 1.62 bits per heavy atom. The number of hydrogen-bond donors (Lipinski definition) is 1. The van der Waals surface area contributed by atoms with Crippen LogP contribution in [-0.2, 0) is 5.54 Å². The predicted octanol–water partition coefficient (Wildman–Crippen LogP) is 2.67. The molecule has 2 unspecified atom stereocenters. The van der Waals surface area contributed by atoms with Gasteiger partial charge in [0.2, 0.25) is 0 Å². The number of benzene rings is 1. The summed E-state index contributed by atoms with van der Waals surface area (Å²) in [5.74, 6) is 0.0800. The molecule has 1 aromatic carbocycles. The van der Waals surface area contributed by atoms with E-state index in [9.17, 15) is 4.39 Å². The molecule has 1 fully saturated rings. The highest BCUT2D eigenvalue weighted by Crippen LogP contribution is 2.49. The average Bonchev–Trinajstić information content (AvgIpc) is 2.67. The molecule has 0 bridgehead atoms. The summed E-state index contributed by atoms with van der Waals surface area (Å²) in [7, 11) is 0. The molecule has 0 heterocycles. The van der Waals surface area contributed by atoms with E-state index in [1.54, 1.807) is 12.1 Å². The normalized spacial score (nSPS) is 31.8. The lowest BCUT2D eigenvalue weighted by Gasteiger charge is -2.10. The zero-order valence-corrected chi connectivity index (χ0v) is 8.11. The number of halogens is 2. The van der Waals surface area contributed by atoms with E-state index in [0.717, 1.165) is 12.0 Å². The predicted molar refractivity (Wildman–Crippen MR) is 51.1 cm³/mol. The van der Waals surface area contributed by atoms with Gasteiger partial charge >= 0.3 is 0 Å². The molecular weight excluding hydrogens is 189 g/mol. The molecule has 13 heavy (non-hydrogen) atoms. The Bertz CT molecular complexity index is 353. The molecule has 0 aromatic heterocycles. The van der Waals surface area contributed by atoms with Crippen LogP contribution in [0, 0.1) is 11.7 Å². The van der Waals surface area contributed by atoms with Crippen molar-refractivity contribution in [1.82, 2.24) is 0 Å². The Hall–Kier alpha value is -0.600. The SMILES string of the molecule is CC1CC1(N)c1ccc(F)c(Cl)c1. The van der Waals surface area contributed by atoms with E-state index >= 15 is 0 Å². The third-order valence-electron chi connectivity index (χ3n) is 2.82. The molecule has 0 spiro atoms. The molecule has 2 rings (SSSR count). The zero-order valence-electron chi connectivity index (χ0n) is 7.35. The maximum atomic E-state index is 12.8. The van der Waals surface area contributed by atoms with Crippen LogP contribution >= 0.6 is 11.6 Å². The molecule has 0 radical (unpaired) electrons. The molecule has 0 amide bonds. The van der Waals surface area contributed by atoms with Crippen molar-refractivity contribution in [2.75, 3.05) is 0 Å². The van der Waals surface area contributed by atoms with Crippen molar-refractivity contribution in [1.29, 1.82) is 0 Å². The van der Waals surface area contributed by atoms with Gasteiger partial charge in [-0.15, -0.1) is 0 Å². The second kappa shape index (κ2) is 2.69. The third-order valence-corrected chi connectivity index (χ3v) is 3.11. The smallest absolute Gasteiger partial charge is 0.141 e. The van der Waals surface area contributed by atoms with Gasteiger partial charge in [-0.2, -0.15) is 0 Å². The minimum absolute atomic E-state index is 0.154. The van der Waals surface area contributed by atoms with Crippen LogP contribution in [0.4, 0.5) is 4.39 Å². The molecule has 1 nitrogen and oxygen atoms in total. The first-order valence-corrected chi connectivity index (χ1v) is 4.66. The molecule has 1 aliphatic rings. The van der Waals surface area contributed by atoms with Gasteiger partial charge in [-0.3, -0.25) is 0 Å². The fraction of sp³-hybridized carbons (Fsp3) is 0.400. The largest absolute Gasteiger partial charge is 0.321 e. The molecule has 0 aliphatic heterocycles. The van der Waals surface area contributed by atoms with Crippen LogP contribution in [0.3, 0.4) is 0 Å². The van der Waals surface area contributed by atoms with Crippen LogP contribution in [0.1, 0.15) is 18.9 Å². The molecule has 1 aliphatic carbocycles. The topological polar surface area (TPSA) is 26.0 Å². The summed E-state index contributed by atoms with van der Waals surface area (Å²) in [5.41, 5.74) is 6.72. The van der Waals surface area contributed by atoms with Crippen molar-refractivity contribution >= 4 is 11.6 Å². The minimum Gasteiger partial charge on any atom is -0.321 e. The van der Waals surface area contributed by atoms with Crippen LogP contribution < -0.4 is 5.73 Å². The lowest BCUT2D eigenvalue weighted by molar-refractivity contribution is 0.620. The van der Waals surface area contributed by atoms with Crippen molar-refractivity contribution in [2.24, 2.45) is 11.7 Å². The molecule has 1 aromatic rings. The Kier molecular flexibility index (Phi) is 1.86. The fourth-order valence-electron chi connectivity index (χ4n) is 1.64. The molecule has 2 atom stereocenters. The van der Waals surface area contributed by atoms with Gasteiger partial charge in [0.05, 0.1) is 5.02 Å². The van der Waals surface area contributed by atoms with Crippen molar-refractivity contribution in [3.05, 3.63) is 34.6 Å². The Balaban J connectivity index is 2.38. The van der Waals surface area contributed by atoms with Crippen LogP contribution in [0.25, 0.3) is 0 Å². The van der Waals surface area contributed by atoms with Gasteiger partial charge in [0, 0.05) is 5.54 Å². The van der Waals surface area contributed by atoms with E-state index in [4.69, 9.17) is 17.3 Å². The van der Waals surface area contributed by atoms with E-state index in [-0.39, 0.29) is 16.4 Å². The Labute approximate surface area is 81.7 Å². The maximum absolute atomic E-state index is 12.8. The maximum Gasteiger partial charge on any atom is 0.141 e. The average molecular weight is 200 g/mol. The molecule has 3 heteroatoms. The second-order valence-corrected chi connectivity index (χ2v) is 4.18. The molecular formula is C10H11ClFN. The monoisotopic (exact) mass is 199 g/mol. The molecule has 70 valence electrons. The number of rotatable bonds is 1. The standard InChI is InChI=1S/C10H11ClFN/c1-6-5-10(6,13)7-2-3-9(12)8(11)4-7/h2-4,6H,5,13H2,1H3. The van der Waals surface area contributed by atoms with Gasteiger partial charge in [0.1, 0.15) is 5.82 Å². The van der Waals surface area contributed by atoms with Crippen LogP contribution in [0.15, 0.2) is 18.2 Å². The third kappa shape index (κ3) is 1.34. The van der Waals surface area contributed by atoms with Gasteiger partial charge in [-0.1, -0.05) is 24.6 Å². The highest BCUT2D eigenvalue weighted by Gasteiger charge is 2.48. The van der Waals surface area contributed by atoms with Gasteiger partial charge in [-0.05, 0) is 30.0 Å². The van der Waals surface area contributed by atoms with Gasteiger partial charge in [0.15, 0.2) is 0 Å². The summed E-state index contributed by atoms with van der Waals surface area (Å²) in [4.78, 5) is 0. The minimum atomic E-state index is -0.387. The zero-order chi connectivity index (χ0) is 9.64. The van der Waals surface area contributed by atoms with E-state index in [1.807, 2.05) is 0 Å².